The zero-order valence-corrected chi connectivity index (χ0v) is 17.4. The first-order chi connectivity index (χ1) is 13.4. The molecule has 0 saturated carbocycles. The molecule has 1 aromatic heterocycles. The first-order valence-corrected chi connectivity index (χ1v) is 9.69. The molecular formula is C18H24Cl2N6O2. The van der Waals surface area contributed by atoms with Gasteiger partial charge in [-0.05, 0) is 13.1 Å². The van der Waals surface area contributed by atoms with Gasteiger partial charge in [0.05, 0.1) is 22.8 Å². The lowest BCUT2D eigenvalue weighted by molar-refractivity contribution is 0.0394. The van der Waals surface area contributed by atoms with Crippen LogP contribution >= 0.6 is 23.2 Å². The Bertz CT molecular complexity index is 819. The molecule has 2 aromatic rings. The van der Waals surface area contributed by atoms with Crippen molar-refractivity contribution in [3.05, 3.63) is 28.2 Å². The van der Waals surface area contributed by atoms with Crippen LogP contribution in [0.25, 0.3) is 11.3 Å². The van der Waals surface area contributed by atoms with Crippen molar-refractivity contribution in [2.75, 3.05) is 57.6 Å². The van der Waals surface area contributed by atoms with Gasteiger partial charge in [-0.3, -0.25) is 0 Å². The molecular weight excluding hydrogens is 403 g/mol. The second-order valence-corrected chi connectivity index (χ2v) is 7.83. The third kappa shape index (κ3) is 4.82. The average Bonchev–Trinajstić information content (AvgIpc) is 2.60. The molecule has 8 nitrogen and oxygen atoms in total. The summed E-state index contributed by atoms with van der Waals surface area (Å²) in [6.45, 7) is 3.40. The summed E-state index contributed by atoms with van der Waals surface area (Å²) in [5.74, 6) is 1.22. The van der Waals surface area contributed by atoms with Crippen molar-refractivity contribution in [2.45, 2.75) is 6.10 Å². The highest BCUT2D eigenvalue weighted by Crippen LogP contribution is 2.34. The van der Waals surface area contributed by atoms with Gasteiger partial charge in [-0.1, -0.05) is 35.3 Å². The minimum absolute atomic E-state index is 0.262. The van der Waals surface area contributed by atoms with E-state index in [2.05, 4.69) is 20.1 Å². The summed E-state index contributed by atoms with van der Waals surface area (Å²) in [6, 6.07) is 5.26. The average molecular weight is 427 g/mol. The zero-order valence-electron chi connectivity index (χ0n) is 15.8. The number of benzene rings is 1. The Balaban J connectivity index is 1.58. The van der Waals surface area contributed by atoms with Crippen molar-refractivity contribution in [3.8, 4) is 11.3 Å². The number of nitrogens with two attached hydrogens (primary N) is 1. The molecule has 1 aliphatic rings. The van der Waals surface area contributed by atoms with E-state index in [0.29, 0.717) is 46.3 Å². The molecule has 0 amide bonds. The van der Waals surface area contributed by atoms with Crippen LogP contribution in [-0.4, -0.2) is 78.2 Å². The number of methoxy groups -OCH3 is 1. The monoisotopic (exact) mass is 426 g/mol. The van der Waals surface area contributed by atoms with E-state index in [-0.39, 0.29) is 5.82 Å². The molecule has 152 valence electrons. The summed E-state index contributed by atoms with van der Waals surface area (Å²) >= 11 is 12.3. The molecule has 3 N–H and O–H groups in total. The number of nitrogen functional groups attached to an aromatic ring is 1. The summed E-state index contributed by atoms with van der Waals surface area (Å²) in [7, 11) is 3.57. The molecule has 0 bridgehead atoms. The minimum Gasteiger partial charge on any atom is -0.389 e. The van der Waals surface area contributed by atoms with E-state index in [9.17, 15) is 5.11 Å². The number of anilines is 2. The number of hydrogen-bond donors (Lipinski definition) is 2. The van der Waals surface area contributed by atoms with Crippen LogP contribution in [0.15, 0.2) is 18.2 Å². The van der Waals surface area contributed by atoms with Gasteiger partial charge in [0, 0.05) is 44.8 Å². The van der Waals surface area contributed by atoms with Crippen LogP contribution in [0, 0.1) is 5.92 Å². The quantitative estimate of drug-likeness (QED) is 0.658. The Kier molecular flexibility index (Phi) is 6.90. The van der Waals surface area contributed by atoms with Gasteiger partial charge in [0.15, 0.2) is 5.82 Å². The van der Waals surface area contributed by atoms with Crippen LogP contribution in [-0.2, 0) is 4.74 Å². The lowest BCUT2D eigenvalue weighted by Gasteiger charge is -2.41. The Hall–Kier alpha value is -1.71. The van der Waals surface area contributed by atoms with Gasteiger partial charge in [-0.25, -0.2) is 0 Å². The van der Waals surface area contributed by atoms with Crippen LogP contribution in [0.2, 0.25) is 10.0 Å². The molecule has 1 saturated heterocycles. The maximum atomic E-state index is 9.80. The number of aliphatic hydroxyl groups is 1. The second kappa shape index (κ2) is 9.19. The molecule has 1 aromatic carbocycles. The van der Waals surface area contributed by atoms with E-state index in [4.69, 9.17) is 33.7 Å². The van der Waals surface area contributed by atoms with E-state index in [1.807, 2.05) is 11.9 Å². The number of hydrogen-bond acceptors (Lipinski definition) is 8. The largest absolute Gasteiger partial charge is 0.389 e. The van der Waals surface area contributed by atoms with Crippen LogP contribution in [0.5, 0.6) is 0 Å². The molecule has 0 aliphatic carbocycles. The number of nitrogens with zero attached hydrogens (tertiary/aromatic N) is 5. The fourth-order valence-corrected chi connectivity index (χ4v) is 3.70. The van der Waals surface area contributed by atoms with Crippen molar-refractivity contribution in [2.24, 2.45) is 5.92 Å². The van der Waals surface area contributed by atoms with Crippen molar-refractivity contribution >= 4 is 35.0 Å². The first kappa shape index (κ1) is 21.0. The molecule has 3 rings (SSSR count). The van der Waals surface area contributed by atoms with Gasteiger partial charge in [-0.2, -0.15) is 4.98 Å². The van der Waals surface area contributed by atoms with E-state index in [1.54, 1.807) is 25.3 Å². The molecule has 0 spiro atoms. The molecule has 1 unspecified atom stereocenters. The molecule has 2 heterocycles. The zero-order chi connectivity index (χ0) is 20.3. The van der Waals surface area contributed by atoms with Gasteiger partial charge >= 0.3 is 0 Å². The second-order valence-electron chi connectivity index (χ2n) is 7.05. The van der Waals surface area contributed by atoms with Crippen LogP contribution in [0.4, 0.5) is 11.8 Å². The van der Waals surface area contributed by atoms with E-state index in [1.165, 1.54) is 0 Å². The fraction of sp³-hybridized carbons (Fsp3) is 0.500. The van der Waals surface area contributed by atoms with Crippen molar-refractivity contribution in [1.82, 2.24) is 20.1 Å². The van der Waals surface area contributed by atoms with E-state index in [0.717, 1.165) is 19.6 Å². The number of halogens is 2. The highest BCUT2D eigenvalue weighted by Gasteiger charge is 2.30. The van der Waals surface area contributed by atoms with Crippen LogP contribution in [0.3, 0.4) is 0 Å². The van der Waals surface area contributed by atoms with E-state index < -0.39 is 6.10 Å². The van der Waals surface area contributed by atoms with Crippen LogP contribution in [0.1, 0.15) is 0 Å². The van der Waals surface area contributed by atoms with Gasteiger partial charge < -0.3 is 25.4 Å². The predicted molar refractivity (Wildman–Crippen MR) is 111 cm³/mol. The smallest absolute Gasteiger partial charge is 0.247 e. The maximum Gasteiger partial charge on any atom is 0.247 e. The number of aromatic nitrogens is 3. The number of aliphatic hydroxyl groups excluding tert-OH is 1. The van der Waals surface area contributed by atoms with Crippen molar-refractivity contribution < 1.29 is 9.84 Å². The summed E-state index contributed by atoms with van der Waals surface area (Å²) in [5.41, 5.74) is 7.12. The summed E-state index contributed by atoms with van der Waals surface area (Å²) < 4.78 is 4.96. The Labute approximate surface area is 174 Å². The number of ether oxygens (including phenoxy) is 1. The van der Waals surface area contributed by atoms with Crippen molar-refractivity contribution in [3.63, 3.8) is 0 Å². The summed E-state index contributed by atoms with van der Waals surface area (Å²) in [5, 5.41) is 19.0. The lowest BCUT2D eigenvalue weighted by atomic mass is 10.00. The van der Waals surface area contributed by atoms with Crippen molar-refractivity contribution in [1.29, 1.82) is 0 Å². The summed E-state index contributed by atoms with van der Waals surface area (Å²) in [4.78, 5) is 8.51. The van der Waals surface area contributed by atoms with Gasteiger partial charge in [0.25, 0.3) is 0 Å². The standard InChI is InChI=1S/C18H24Cl2N6O2/c1-25(9-12(27)10-28-2)6-11-7-26(8-11)18-22-17(21)16(23-24-18)13-4-3-5-14(19)15(13)20/h3-5,11-12,27H,6-10H2,1-2H3,(H2,21,22,24). The molecule has 1 atom stereocenters. The molecule has 0 radical (unpaired) electrons. The Morgan fingerprint density at radius 1 is 1.36 bits per heavy atom. The predicted octanol–water partition coefficient (Wildman–Crippen LogP) is 1.80. The number of likely N-dealkylation sites (N-methyl/N-ethyl adjacent to an activating group) is 1. The Morgan fingerprint density at radius 3 is 2.79 bits per heavy atom. The van der Waals surface area contributed by atoms with Crippen LogP contribution < -0.4 is 10.6 Å². The molecule has 10 heteroatoms. The van der Waals surface area contributed by atoms with Gasteiger partial charge in [0.1, 0.15) is 5.69 Å². The third-order valence-corrected chi connectivity index (χ3v) is 5.42. The normalized spacial score (nSPS) is 15.7. The molecule has 28 heavy (non-hydrogen) atoms. The summed E-state index contributed by atoms with van der Waals surface area (Å²) in [6.07, 6.45) is -0.482. The molecule has 1 aliphatic heterocycles. The maximum absolute atomic E-state index is 9.80. The minimum atomic E-state index is -0.482. The topological polar surface area (TPSA) is 101 Å². The Morgan fingerprint density at radius 2 is 2.11 bits per heavy atom. The lowest BCUT2D eigenvalue weighted by Crippen LogP contribution is -2.52. The van der Waals surface area contributed by atoms with E-state index >= 15 is 0 Å². The number of rotatable bonds is 8. The highest BCUT2D eigenvalue weighted by molar-refractivity contribution is 6.43. The third-order valence-electron chi connectivity index (χ3n) is 4.60. The highest BCUT2D eigenvalue weighted by atomic mass is 35.5. The van der Waals surface area contributed by atoms with Gasteiger partial charge in [0.2, 0.25) is 5.95 Å². The van der Waals surface area contributed by atoms with Gasteiger partial charge in [-0.15, -0.1) is 10.2 Å². The first-order valence-electron chi connectivity index (χ1n) is 8.94. The fourth-order valence-electron chi connectivity index (χ4n) is 3.31. The SMILES string of the molecule is COCC(O)CN(C)CC1CN(c2nnc(-c3cccc(Cl)c3Cl)c(N)n2)C1. The molecule has 1 fully saturated rings.